The lowest BCUT2D eigenvalue weighted by Gasteiger charge is -2.42. The molecule has 0 amide bonds. The molecule has 0 aromatic heterocycles. The Morgan fingerprint density at radius 2 is 1.77 bits per heavy atom. The lowest BCUT2D eigenvalue weighted by Crippen LogP contribution is -2.54. The highest BCUT2D eigenvalue weighted by Gasteiger charge is 2.25. The first-order chi connectivity index (χ1) is 10.6. The molecule has 0 unspecified atom stereocenters. The second kappa shape index (κ2) is 9.24. The molecule has 1 aliphatic carbocycles. The summed E-state index contributed by atoms with van der Waals surface area (Å²) < 4.78 is 5.47. The molecule has 0 bridgehead atoms. The molecule has 0 aromatic carbocycles. The molecule has 1 aliphatic heterocycles. The van der Waals surface area contributed by atoms with Crippen LogP contribution in [0, 0.1) is 5.92 Å². The third-order valence-corrected chi connectivity index (χ3v) is 5.89. The van der Waals surface area contributed by atoms with Gasteiger partial charge in [0.2, 0.25) is 0 Å². The van der Waals surface area contributed by atoms with Crippen LogP contribution >= 0.6 is 0 Å². The van der Waals surface area contributed by atoms with Crippen LogP contribution in [0.2, 0.25) is 0 Å². The van der Waals surface area contributed by atoms with Crippen molar-refractivity contribution < 1.29 is 4.74 Å². The van der Waals surface area contributed by atoms with Crippen molar-refractivity contribution in [3.63, 3.8) is 0 Å². The van der Waals surface area contributed by atoms with Crippen LogP contribution in [-0.2, 0) is 4.74 Å². The van der Waals surface area contributed by atoms with Crippen LogP contribution in [0.3, 0.4) is 0 Å². The van der Waals surface area contributed by atoms with Crippen LogP contribution in [0.25, 0.3) is 0 Å². The highest BCUT2D eigenvalue weighted by atomic mass is 16.5. The number of hydrogen-bond donors (Lipinski definition) is 0. The van der Waals surface area contributed by atoms with Gasteiger partial charge in [-0.25, -0.2) is 0 Å². The second-order valence-corrected chi connectivity index (χ2v) is 7.86. The smallest absolute Gasteiger partial charge is 0.0571 e. The Hall–Kier alpha value is -0.120. The maximum absolute atomic E-state index is 5.47. The summed E-state index contributed by atoms with van der Waals surface area (Å²) in [7, 11) is 1.87. The summed E-state index contributed by atoms with van der Waals surface area (Å²) in [5.74, 6) is 0.975. The molecule has 0 radical (unpaired) electrons. The van der Waals surface area contributed by atoms with Crippen LogP contribution in [-0.4, -0.2) is 61.3 Å². The standard InChI is InChI=1S/C19H38N2O/c1-16(2)21-14-13-20(15-17(21)3)12-6-5-7-18-8-10-19(22-4)11-9-18/h16-19H,5-15H2,1-4H3/t17-,18-,19-/m1/s1. The molecule has 2 fully saturated rings. The van der Waals surface area contributed by atoms with Gasteiger partial charge in [-0.05, 0) is 65.3 Å². The van der Waals surface area contributed by atoms with Crippen LogP contribution in [0.1, 0.15) is 65.7 Å². The molecule has 0 spiro atoms. The zero-order valence-corrected chi connectivity index (χ0v) is 15.4. The van der Waals surface area contributed by atoms with Crippen molar-refractivity contribution in [1.29, 1.82) is 0 Å². The van der Waals surface area contributed by atoms with Gasteiger partial charge in [-0.3, -0.25) is 4.90 Å². The normalized spacial score (nSPS) is 31.8. The SMILES string of the molecule is CO[C@H]1CC[C@H](CCCCN2CCN(C(C)C)[C@H](C)C2)CC1. The summed E-state index contributed by atoms with van der Waals surface area (Å²) in [6.07, 6.45) is 10.2. The first-order valence-corrected chi connectivity index (χ1v) is 9.61. The molecule has 0 N–H and O–H groups in total. The van der Waals surface area contributed by atoms with Crippen molar-refractivity contribution in [3.05, 3.63) is 0 Å². The van der Waals surface area contributed by atoms with E-state index >= 15 is 0 Å². The first kappa shape index (κ1) is 18.2. The summed E-state index contributed by atoms with van der Waals surface area (Å²) >= 11 is 0. The van der Waals surface area contributed by atoms with Gasteiger partial charge < -0.3 is 9.64 Å². The number of ether oxygens (including phenoxy) is 1. The fourth-order valence-corrected chi connectivity index (χ4v) is 4.44. The van der Waals surface area contributed by atoms with E-state index in [4.69, 9.17) is 4.74 Å². The van der Waals surface area contributed by atoms with Gasteiger partial charge in [0.25, 0.3) is 0 Å². The second-order valence-electron chi connectivity index (χ2n) is 7.86. The van der Waals surface area contributed by atoms with Gasteiger partial charge in [-0.2, -0.15) is 0 Å². The molecule has 2 aliphatic rings. The molecule has 3 nitrogen and oxygen atoms in total. The van der Waals surface area contributed by atoms with Gasteiger partial charge in [0, 0.05) is 38.8 Å². The Morgan fingerprint density at radius 1 is 1.05 bits per heavy atom. The van der Waals surface area contributed by atoms with E-state index in [1.807, 2.05) is 7.11 Å². The van der Waals surface area contributed by atoms with Gasteiger partial charge in [0.15, 0.2) is 0 Å². The van der Waals surface area contributed by atoms with E-state index in [0.717, 1.165) is 12.0 Å². The minimum Gasteiger partial charge on any atom is -0.381 e. The van der Waals surface area contributed by atoms with Gasteiger partial charge in [0.1, 0.15) is 0 Å². The summed E-state index contributed by atoms with van der Waals surface area (Å²) in [5, 5.41) is 0. The Balaban J connectivity index is 1.54. The fraction of sp³-hybridized carbons (Fsp3) is 1.00. The third kappa shape index (κ3) is 5.50. The molecule has 1 atom stereocenters. The number of unbranched alkanes of at least 4 members (excludes halogenated alkanes) is 1. The summed E-state index contributed by atoms with van der Waals surface area (Å²) in [6.45, 7) is 12.1. The fourth-order valence-electron chi connectivity index (χ4n) is 4.44. The van der Waals surface area contributed by atoms with Crippen molar-refractivity contribution in [2.45, 2.75) is 83.9 Å². The molecule has 1 heterocycles. The van der Waals surface area contributed by atoms with E-state index in [0.29, 0.717) is 12.1 Å². The summed E-state index contributed by atoms with van der Waals surface area (Å²) in [5.41, 5.74) is 0. The minimum absolute atomic E-state index is 0.551. The lowest BCUT2D eigenvalue weighted by atomic mass is 9.84. The maximum Gasteiger partial charge on any atom is 0.0571 e. The predicted octanol–water partition coefficient (Wildman–Crippen LogP) is 3.78. The first-order valence-electron chi connectivity index (χ1n) is 9.61. The Labute approximate surface area is 138 Å². The van der Waals surface area contributed by atoms with Crippen molar-refractivity contribution in [3.8, 4) is 0 Å². The van der Waals surface area contributed by atoms with Crippen molar-refractivity contribution in [2.24, 2.45) is 5.92 Å². The van der Waals surface area contributed by atoms with Crippen molar-refractivity contribution in [2.75, 3.05) is 33.3 Å². The molecular formula is C19H38N2O. The molecule has 0 aromatic rings. The molecule has 1 saturated carbocycles. The van der Waals surface area contributed by atoms with Gasteiger partial charge >= 0.3 is 0 Å². The zero-order valence-electron chi connectivity index (χ0n) is 15.4. The maximum atomic E-state index is 5.47. The number of hydrogen-bond acceptors (Lipinski definition) is 3. The molecule has 2 rings (SSSR count). The minimum atomic E-state index is 0.551. The quantitative estimate of drug-likeness (QED) is 0.666. The summed E-state index contributed by atoms with van der Waals surface area (Å²) in [4.78, 5) is 5.33. The van der Waals surface area contributed by atoms with Gasteiger partial charge in [0.05, 0.1) is 6.10 Å². The molecule has 1 saturated heterocycles. The molecule has 130 valence electrons. The van der Waals surface area contributed by atoms with E-state index in [-0.39, 0.29) is 0 Å². The monoisotopic (exact) mass is 310 g/mol. The number of nitrogens with zero attached hydrogens (tertiary/aromatic N) is 2. The van der Waals surface area contributed by atoms with Crippen LogP contribution in [0.5, 0.6) is 0 Å². The summed E-state index contributed by atoms with van der Waals surface area (Å²) in [6, 6.07) is 1.41. The number of methoxy groups -OCH3 is 1. The Bertz CT molecular complexity index is 300. The highest BCUT2D eigenvalue weighted by Crippen LogP contribution is 2.29. The Kier molecular flexibility index (Phi) is 7.66. The third-order valence-electron chi connectivity index (χ3n) is 5.89. The highest BCUT2D eigenvalue weighted by molar-refractivity contribution is 4.81. The molecular weight excluding hydrogens is 272 g/mol. The molecule has 22 heavy (non-hydrogen) atoms. The topological polar surface area (TPSA) is 15.7 Å². The van der Waals surface area contributed by atoms with Gasteiger partial charge in [-0.15, -0.1) is 0 Å². The van der Waals surface area contributed by atoms with Crippen molar-refractivity contribution >= 4 is 0 Å². The predicted molar refractivity (Wildman–Crippen MR) is 94.4 cm³/mol. The van der Waals surface area contributed by atoms with Crippen LogP contribution in [0.15, 0.2) is 0 Å². The van der Waals surface area contributed by atoms with E-state index in [2.05, 4.69) is 30.6 Å². The van der Waals surface area contributed by atoms with E-state index < -0.39 is 0 Å². The largest absolute Gasteiger partial charge is 0.381 e. The van der Waals surface area contributed by atoms with Crippen molar-refractivity contribution in [1.82, 2.24) is 9.80 Å². The average molecular weight is 311 g/mol. The molecule has 3 heteroatoms. The van der Waals surface area contributed by atoms with Gasteiger partial charge in [-0.1, -0.05) is 12.8 Å². The van der Waals surface area contributed by atoms with Crippen LogP contribution in [0.4, 0.5) is 0 Å². The lowest BCUT2D eigenvalue weighted by molar-refractivity contribution is 0.0528. The average Bonchev–Trinajstić information content (AvgIpc) is 2.52. The zero-order chi connectivity index (χ0) is 15.9. The van der Waals surface area contributed by atoms with E-state index in [1.165, 1.54) is 71.1 Å². The van der Waals surface area contributed by atoms with E-state index in [9.17, 15) is 0 Å². The Morgan fingerprint density at radius 3 is 2.36 bits per heavy atom. The van der Waals surface area contributed by atoms with Crippen LogP contribution < -0.4 is 0 Å². The van der Waals surface area contributed by atoms with E-state index in [1.54, 1.807) is 0 Å². The number of piperazine rings is 1. The number of rotatable bonds is 7.